The van der Waals surface area contributed by atoms with E-state index in [0.29, 0.717) is 5.03 Å². The summed E-state index contributed by atoms with van der Waals surface area (Å²) in [7, 11) is 0. The van der Waals surface area contributed by atoms with Crippen LogP contribution in [0.5, 0.6) is 0 Å². The molecule has 2 rings (SSSR count). The highest BCUT2D eigenvalue weighted by Crippen LogP contribution is 2.26. The van der Waals surface area contributed by atoms with Crippen molar-refractivity contribution in [2.45, 2.75) is 29.7 Å². The van der Waals surface area contributed by atoms with E-state index in [0.717, 1.165) is 10.9 Å². The van der Waals surface area contributed by atoms with Crippen molar-refractivity contribution in [1.82, 2.24) is 4.98 Å². The molecule has 1 aromatic heterocycles. The third kappa shape index (κ3) is 3.68. The zero-order valence-corrected chi connectivity index (χ0v) is 11.3. The van der Waals surface area contributed by atoms with Crippen molar-refractivity contribution in [3.63, 3.8) is 0 Å². The lowest BCUT2D eigenvalue weighted by atomic mass is 10.2. The van der Waals surface area contributed by atoms with Crippen LogP contribution in [0.15, 0.2) is 41.4 Å². The number of fused-ring (bicyclic) bond motifs is 1. The fourth-order valence-corrected chi connectivity index (χ4v) is 2.83. The summed E-state index contributed by atoms with van der Waals surface area (Å²) in [6.07, 6.45) is -0.442. The van der Waals surface area contributed by atoms with Gasteiger partial charge in [-0.15, -0.1) is 0 Å². The number of carboxylic acids is 1. The second kappa shape index (κ2) is 6.04. The summed E-state index contributed by atoms with van der Waals surface area (Å²) in [5.74, 6) is -0.930. The standard InChI is InChI=1S/C14H15NO3S/c1-9(16)8-12(14(17)18)19-13-7-6-10-4-2-3-5-11(10)15-13/h2-7,9,12,16H,8H2,1H3,(H,17,18). The molecule has 0 spiro atoms. The van der Waals surface area contributed by atoms with Gasteiger partial charge in [0.05, 0.1) is 16.6 Å². The molecule has 0 radical (unpaired) electrons. The first-order chi connectivity index (χ1) is 9.06. The highest BCUT2D eigenvalue weighted by atomic mass is 32.2. The van der Waals surface area contributed by atoms with E-state index >= 15 is 0 Å². The summed E-state index contributed by atoms with van der Waals surface area (Å²) >= 11 is 1.17. The first-order valence-electron chi connectivity index (χ1n) is 5.99. The van der Waals surface area contributed by atoms with Crippen LogP contribution < -0.4 is 0 Å². The van der Waals surface area contributed by atoms with Crippen molar-refractivity contribution in [3.8, 4) is 0 Å². The molecule has 2 atom stereocenters. The second-order valence-electron chi connectivity index (χ2n) is 4.37. The number of carbonyl (C=O) groups is 1. The number of aliphatic hydroxyl groups excluding tert-OH is 1. The lowest BCUT2D eigenvalue weighted by Crippen LogP contribution is -2.21. The SMILES string of the molecule is CC(O)CC(Sc1ccc2ccccc2n1)C(=O)O. The van der Waals surface area contributed by atoms with Crippen molar-refractivity contribution in [1.29, 1.82) is 0 Å². The van der Waals surface area contributed by atoms with E-state index in [2.05, 4.69) is 4.98 Å². The number of thioether (sulfide) groups is 1. The smallest absolute Gasteiger partial charge is 0.317 e. The molecule has 100 valence electrons. The quantitative estimate of drug-likeness (QED) is 0.822. The van der Waals surface area contributed by atoms with Crippen molar-refractivity contribution >= 4 is 28.6 Å². The number of carboxylic acid groups (broad SMARTS) is 1. The maximum absolute atomic E-state index is 11.1. The third-order valence-corrected chi connectivity index (χ3v) is 3.81. The Morgan fingerprint density at radius 1 is 1.32 bits per heavy atom. The van der Waals surface area contributed by atoms with Gasteiger partial charge in [0.25, 0.3) is 0 Å². The molecule has 0 saturated carbocycles. The number of aliphatic carboxylic acids is 1. The van der Waals surface area contributed by atoms with Crippen LogP contribution in [0.2, 0.25) is 0 Å². The lowest BCUT2D eigenvalue weighted by molar-refractivity contribution is -0.136. The van der Waals surface area contributed by atoms with Gasteiger partial charge in [0.1, 0.15) is 5.25 Å². The zero-order chi connectivity index (χ0) is 13.8. The molecule has 0 aliphatic carbocycles. The molecule has 1 aromatic carbocycles. The molecule has 2 unspecified atom stereocenters. The summed E-state index contributed by atoms with van der Waals surface area (Å²) in [6, 6.07) is 11.4. The predicted molar refractivity (Wildman–Crippen MR) is 75.3 cm³/mol. The number of hydrogen-bond donors (Lipinski definition) is 2. The van der Waals surface area contributed by atoms with Crippen LogP contribution >= 0.6 is 11.8 Å². The van der Waals surface area contributed by atoms with Crippen molar-refractivity contribution < 1.29 is 15.0 Å². The summed E-state index contributed by atoms with van der Waals surface area (Å²) in [4.78, 5) is 15.6. The second-order valence-corrected chi connectivity index (χ2v) is 5.59. The zero-order valence-electron chi connectivity index (χ0n) is 10.5. The van der Waals surface area contributed by atoms with Crippen LogP contribution in [0, 0.1) is 0 Å². The Labute approximate surface area is 115 Å². The van der Waals surface area contributed by atoms with Crippen LogP contribution in [0.1, 0.15) is 13.3 Å². The fraction of sp³-hybridized carbons (Fsp3) is 0.286. The maximum Gasteiger partial charge on any atom is 0.317 e. The highest BCUT2D eigenvalue weighted by molar-refractivity contribution is 8.00. The van der Waals surface area contributed by atoms with Gasteiger partial charge in [-0.25, -0.2) is 4.98 Å². The molecular formula is C14H15NO3S. The third-order valence-electron chi connectivity index (χ3n) is 2.67. The van der Waals surface area contributed by atoms with E-state index in [4.69, 9.17) is 5.11 Å². The predicted octanol–water partition coefficient (Wildman–Crippen LogP) is 2.55. The Morgan fingerprint density at radius 2 is 2.05 bits per heavy atom. The van der Waals surface area contributed by atoms with Crippen LogP contribution in [-0.4, -0.2) is 32.5 Å². The van der Waals surface area contributed by atoms with Crippen LogP contribution in [0.3, 0.4) is 0 Å². The van der Waals surface area contributed by atoms with Crippen LogP contribution in [0.4, 0.5) is 0 Å². The van der Waals surface area contributed by atoms with E-state index in [1.54, 1.807) is 6.92 Å². The van der Waals surface area contributed by atoms with E-state index in [-0.39, 0.29) is 6.42 Å². The number of nitrogens with zero attached hydrogens (tertiary/aromatic N) is 1. The number of para-hydroxylation sites is 1. The molecule has 4 nitrogen and oxygen atoms in total. The van der Waals surface area contributed by atoms with Crippen LogP contribution in [0.25, 0.3) is 10.9 Å². The molecule has 1 heterocycles. The summed E-state index contributed by atoms with van der Waals surface area (Å²) in [5.41, 5.74) is 0.841. The number of rotatable bonds is 5. The van der Waals surface area contributed by atoms with Gasteiger partial charge in [0, 0.05) is 5.39 Å². The molecule has 0 amide bonds. The van der Waals surface area contributed by atoms with Gasteiger partial charge in [-0.2, -0.15) is 0 Å². The molecule has 0 aliphatic rings. The largest absolute Gasteiger partial charge is 0.480 e. The monoisotopic (exact) mass is 277 g/mol. The minimum Gasteiger partial charge on any atom is -0.480 e. The van der Waals surface area contributed by atoms with Crippen molar-refractivity contribution in [3.05, 3.63) is 36.4 Å². The van der Waals surface area contributed by atoms with Gasteiger partial charge in [0.2, 0.25) is 0 Å². The van der Waals surface area contributed by atoms with E-state index in [9.17, 15) is 9.90 Å². The van der Waals surface area contributed by atoms with Crippen molar-refractivity contribution in [2.75, 3.05) is 0 Å². The summed E-state index contributed by atoms with van der Waals surface area (Å²) < 4.78 is 0. The summed E-state index contributed by atoms with van der Waals surface area (Å²) in [6.45, 7) is 1.59. The minimum absolute atomic E-state index is 0.203. The Kier molecular flexibility index (Phi) is 4.39. The lowest BCUT2D eigenvalue weighted by Gasteiger charge is -2.13. The number of aliphatic hydroxyl groups is 1. The normalized spacial score (nSPS) is 14.2. The van der Waals surface area contributed by atoms with Crippen molar-refractivity contribution in [2.24, 2.45) is 0 Å². The van der Waals surface area contributed by atoms with E-state index in [1.165, 1.54) is 11.8 Å². The van der Waals surface area contributed by atoms with E-state index in [1.807, 2.05) is 36.4 Å². The maximum atomic E-state index is 11.1. The first kappa shape index (κ1) is 13.8. The van der Waals surface area contributed by atoms with E-state index < -0.39 is 17.3 Å². The minimum atomic E-state index is -0.930. The average molecular weight is 277 g/mol. The van der Waals surface area contributed by atoms with Gasteiger partial charge in [0.15, 0.2) is 0 Å². The first-order valence-corrected chi connectivity index (χ1v) is 6.87. The Hall–Kier alpha value is -1.59. The molecule has 19 heavy (non-hydrogen) atoms. The Balaban J connectivity index is 2.21. The van der Waals surface area contributed by atoms with Gasteiger partial charge in [-0.3, -0.25) is 4.79 Å². The Morgan fingerprint density at radius 3 is 2.74 bits per heavy atom. The van der Waals surface area contributed by atoms with Crippen LogP contribution in [-0.2, 0) is 4.79 Å². The number of pyridine rings is 1. The molecule has 0 aliphatic heterocycles. The number of aromatic nitrogens is 1. The number of hydrogen-bond acceptors (Lipinski definition) is 4. The number of benzene rings is 1. The fourth-order valence-electron chi connectivity index (χ4n) is 1.77. The molecule has 2 aromatic rings. The van der Waals surface area contributed by atoms with Gasteiger partial charge in [-0.05, 0) is 25.5 Å². The highest BCUT2D eigenvalue weighted by Gasteiger charge is 2.21. The average Bonchev–Trinajstić information content (AvgIpc) is 2.37. The van der Waals surface area contributed by atoms with Gasteiger partial charge in [-0.1, -0.05) is 36.0 Å². The molecule has 5 heteroatoms. The molecule has 2 N–H and O–H groups in total. The topological polar surface area (TPSA) is 70.4 Å². The van der Waals surface area contributed by atoms with Gasteiger partial charge < -0.3 is 10.2 Å². The molecular weight excluding hydrogens is 262 g/mol. The summed E-state index contributed by atoms with van der Waals surface area (Å²) in [5, 5.41) is 19.5. The molecule has 0 bridgehead atoms. The molecule has 0 saturated heterocycles. The van der Waals surface area contributed by atoms with Gasteiger partial charge >= 0.3 is 5.97 Å². The Bertz CT molecular complexity index is 586. The molecule has 0 fully saturated rings.